The van der Waals surface area contributed by atoms with E-state index in [4.69, 9.17) is 0 Å². The Morgan fingerprint density at radius 1 is 1.38 bits per heavy atom. The number of nitrogens with zero attached hydrogens (tertiary/aromatic N) is 1. The molecule has 1 saturated carbocycles. The summed E-state index contributed by atoms with van der Waals surface area (Å²) in [5.74, 6) is 0.888. The summed E-state index contributed by atoms with van der Waals surface area (Å²) in [5, 5.41) is 9.30. The standard InChI is InChI=1S/C11H21NO/c1-8(2)12-10(7-13)6-9-4-3-5-11(9)12/h8-11,13H,3-7H2,1-2H3/t9-,10-,11-/m1/s1. The topological polar surface area (TPSA) is 23.5 Å². The Hall–Kier alpha value is -0.0800. The van der Waals surface area contributed by atoms with Crippen LogP contribution in [0.15, 0.2) is 0 Å². The van der Waals surface area contributed by atoms with Crippen LogP contribution in [-0.4, -0.2) is 34.7 Å². The minimum absolute atomic E-state index is 0.352. The predicted octanol–water partition coefficient (Wildman–Crippen LogP) is 1.63. The summed E-state index contributed by atoms with van der Waals surface area (Å²) in [4.78, 5) is 2.55. The Balaban J connectivity index is 2.10. The molecule has 2 nitrogen and oxygen atoms in total. The molecule has 1 aliphatic carbocycles. The van der Waals surface area contributed by atoms with Crippen molar-refractivity contribution in [2.45, 2.75) is 57.7 Å². The Morgan fingerprint density at radius 3 is 2.77 bits per heavy atom. The Morgan fingerprint density at radius 2 is 2.15 bits per heavy atom. The van der Waals surface area contributed by atoms with Crippen LogP contribution in [0.25, 0.3) is 0 Å². The lowest BCUT2D eigenvalue weighted by atomic mass is 10.0. The lowest BCUT2D eigenvalue weighted by Gasteiger charge is -2.32. The van der Waals surface area contributed by atoms with Crippen LogP contribution < -0.4 is 0 Å². The molecule has 0 unspecified atom stereocenters. The number of fused-ring (bicyclic) bond motifs is 1. The third-order valence-corrected chi connectivity index (χ3v) is 3.81. The number of hydrogen-bond acceptors (Lipinski definition) is 2. The van der Waals surface area contributed by atoms with Gasteiger partial charge in [0.25, 0.3) is 0 Å². The summed E-state index contributed by atoms with van der Waals surface area (Å²) < 4.78 is 0. The smallest absolute Gasteiger partial charge is 0.0587 e. The lowest BCUT2D eigenvalue weighted by molar-refractivity contribution is 0.0972. The monoisotopic (exact) mass is 183 g/mol. The first-order chi connectivity index (χ1) is 6.24. The van der Waals surface area contributed by atoms with Crippen LogP contribution in [-0.2, 0) is 0 Å². The molecular weight excluding hydrogens is 162 g/mol. The van der Waals surface area contributed by atoms with Gasteiger partial charge in [-0.2, -0.15) is 0 Å². The summed E-state index contributed by atoms with van der Waals surface area (Å²) in [6.07, 6.45) is 5.39. The zero-order valence-electron chi connectivity index (χ0n) is 8.74. The number of likely N-dealkylation sites (tertiary alicyclic amines) is 1. The van der Waals surface area contributed by atoms with E-state index in [0.29, 0.717) is 18.7 Å². The molecule has 1 heterocycles. The third-order valence-electron chi connectivity index (χ3n) is 3.81. The molecular formula is C11H21NO. The predicted molar refractivity (Wildman–Crippen MR) is 53.6 cm³/mol. The molecule has 0 radical (unpaired) electrons. The largest absolute Gasteiger partial charge is 0.395 e. The molecule has 76 valence electrons. The van der Waals surface area contributed by atoms with Crippen molar-refractivity contribution < 1.29 is 5.11 Å². The maximum absolute atomic E-state index is 9.30. The van der Waals surface area contributed by atoms with Gasteiger partial charge in [-0.3, -0.25) is 4.90 Å². The van der Waals surface area contributed by atoms with Crippen molar-refractivity contribution >= 4 is 0 Å². The molecule has 13 heavy (non-hydrogen) atoms. The molecule has 1 N–H and O–H groups in total. The average Bonchev–Trinajstić information content (AvgIpc) is 2.59. The fourth-order valence-corrected chi connectivity index (χ4v) is 3.40. The van der Waals surface area contributed by atoms with Gasteiger partial charge in [-0.05, 0) is 39.0 Å². The first-order valence-corrected chi connectivity index (χ1v) is 5.62. The highest BCUT2D eigenvalue weighted by Crippen LogP contribution is 2.41. The molecule has 0 aromatic rings. The fourth-order valence-electron chi connectivity index (χ4n) is 3.40. The molecule has 2 rings (SSSR count). The molecule has 0 amide bonds. The second kappa shape index (κ2) is 3.58. The Labute approximate surface area is 80.9 Å². The van der Waals surface area contributed by atoms with Crippen LogP contribution in [0.1, 0.15) is 39.5 Å². The maximum atomic E-state index is 9.30. The summed E-state index contributed by atoms with van der Waals surface area (Å²) >= 11 is 0. The fraction of sp³-hybridized carbons (Fsp3) is 1.00. The normalized spacial score (nSPS) is 40.2. The van der Waals surface area contributed by atoms with Crippen LogP contribution >= 0.6 is 0 Å². The zero-order chi connectivity index (χ0) is 9.42. The van der Waals surface area contributed by atoms with Gasteiger partial charge in [0.05, 0.1) is 6.61 Å². The number of rotatable bonds is 2. The molecule has 1 saturated heterocycles. The van der Waals surface area contributed by atoms with Gasteiger partial charge < -0.3 is 5.11 Å². The van der Waals surface area contributed by atoms with E-state index in [1.165, 1.54) is 25.7 Å². The van der Waals surface area contributed by atoms with E-state index in [2.05, 4.69) is 18.7 Å². The molecule has 0 aromatic heterocycles. The summed E-state index contributed by atoms with van der Waals surface area (Å²) in [6, 6.07) is 1.85. The van der Waals surface area contributed by atoms with Gasteiger partial charge in [0.15, 0.2) is 0 Å². The van der Waals surface area contributed by atoms with Crippen molar-refractivity contribution in [2.75, 3.05) is 6.61 Å². The zero-order valence-corrected chi connectivity index (χ0v) is 8.74. The van der Waals surface area contributed by atoms with E-state index in [1.54, 1.807) is 0 Å². The molecule has 2 aliphatic rings. The Kier molecular flexibility index (Phi) is 2.61. The van der Waals surface area contributed by atoms with E-state index < -0.39 is 0 Å². The molecule has 0 aromatic carbocycles. The Bertz CT molecular complexity index is 181. The van der Waals surface area contributed by atoms with E-state index >= 15 is 0 Å². The molecule has 0 spiro atoms. The minimum Gasteiger partial charge on any atom is -0.395 e. The molecule has 2 heteroatoms. The van der Waals surface area contributed by atoms with Crippen molar-refractivity contribution in [1.82, 2.24) is 4.90 Å². The summed E-state index contributed by atoms with van der Waals surface area (Å²) in [5.41, 5.74) is 0. The SMILES string of the molecule is CC(C)N1[C@@H](CO)C[C@H]2CCC[C@H]21. The molecule has 3 atom stereocenters. The first kappa shape index (κ1) is 9.47. The van der Waals surface area contributed by atoms with Crippen molar-refractivity contribution in [3.05, 3.63) is 0 Å². The second-order valence-electron chi connectivity index (χ2n) is 4.87. The minimum atomic E-state index is 0.352. The maximum Gasteiger partial charge on any atom is 0.0587 e. The van der Waals surface area contributed by atoms with Crippen LogP contribution in [0.4, 0.5) is 0 Å². The van der Waals surface area contributed by atoms with Crippen molar-refractivity contribution in [1.29, 1.82) is 0 Å². The lowest BCUT2D eigenvalue weighted by Crippen LogP contribution is -2.42. The number of aliphatic hydroxyl groups excluding tert-OH is 1. The first-order valence-electron chi connectivity index (χ1n) is 5.62. The molecule has 0 bridgehead atoms. The van der Waals surface area contributed by atoms with E-state index in [0.717, 1.165) is 12.0 Å². The van der Waals surface area contributed by atoms with Crippen molar-refractivity contribution in [2.24, 2.45) is 5.92 Å². The van der Waals surface area contributed by atoms with Gasteiger partial charge in [0.1, 0.15) is 0 Å². The highest BCUT2D eigenvalue weighted by atomic mass is 16.3. The van der Waals surface area contributed by atoms with Gasteiger partial charge in [-0.1, -0.05) is 6.42 Å². The molecule has 1 aliphatic heterocycles. The highest BCUT2D eigenvalue weighted by Gasteiger charge is 2.43. The van der Waals surface area contributed by atoms with Gasteiger partial charge in [0, 0.05) is 18.1 Å². The van der Waals surface area contributed by atoms with Gasteiger partial charge >= 0.3 is 0 Å². The summed E-state index contributed by atoms with van der Waals surface area (Å²) in [6.45, 7) is 4.86. The van der Waals surface area contributed by atoms with Gasteiger partial charge in [-0.25, -0.2) is 0 Å². The second-order valence-corrected chi connectivity index (χ2v) is 4.87. The quantitative estimate of drug-likeness (QED) is 0.703. The van der Waals surface area contributed by atoms with E-state index in [9.17, 15) is 5.11 Å². The van der Waals surface area contributed by atoms with Crippen LogP contribution in [0.3, 0.4) is 0 Å². The van der Waals surface area contributed by atoms with Crippen LogP contribution in [0, 0.1) is 5.92 Å². The number of aliphatic hydroxyl groups is 1. The highest BCUT2D eigenvalue weighted by molar-refractivity contribution is 4.98. The summed E-state index contributed by atoms with van der Waals surface area (Å²) in [7, 11) is 0. The van der Waals surface area contributed by atoms with Gasteiger partial charge in [-0.15, -0.1) is 0 Å². The van der Waals surface area contributed by atoms with Crippen LogP contribution in [0.5, 0.6) is 0 Å². The van der Waals surface area contributed by atoms with Crippen LogP contribution in [0.2, 0.25) is 0 Å². The van der Waals surface area contributed by atoms with Crippen molar-refractivity contribution in [3.8, 4) is 0 Å². The van der Waals surface area contributed by atoms with Crippen molar-refractivity contribution in [3.63, 3.8) is 0 Å². The van der Waals surface area contributed by atoms with Gasteiger partial charge in [0.2, 0.25) is 0 Å². The number of hydrogen-bond donors (Lipinski definition) is 1. The third kappa shape index (κ3) is 1.50. The average molecular weight is 183 g/mol. The van der Waals surface area contributed by atoms with E-state index in [1.807, 2.05) is 0 Å². The van der Waals surface area contributed by atoms with E-state index in [-0.39, 0.29) is 0 Å². The molecule has 2 fully saturated rings.